The Morgan fingerprint density at radius 2 is 1.64 bits per heavy atom. The summed E-state index contributed by atoms with van der Waals surface area (Å²) >= 11 is 0. The van der Waals surface area contributed by atoms with Crippen LogP contribution in [-0.2, 0) is 0 Å². The zero-order valence-electron chi connectivity index (χ0n) is 15.1. The average Bonchev–Trinajstić information content (AvgIpc) is 3.13. The number of imidazole rings is 1. The minimum atomic E-state index is -0.594. The van der Waals surface area contributed by atoms with Crippen molar-refractivity contribution in [2.75, 3.05) is 7.11 Å². The van der Waals surface area contributed by atoms with Crippen molar-refractivity contribution < 1.29 is 14.3 Å². The predicted molar refractivity (Wildman–Crippen MR) is 106 cm³/mol. The van der Waals surface area contributed by atoms with Crippen LogP contribution in [0.4, 0.5) is 0 Å². The van der Waals surface area contributed by atoms with Crippen molar-refractivity contribution in [3.63, 3.8) is 0 Å². The molecule has 0 spiro atoms. The van der Waals surface area contributed by atoms with Crippen molar-refractivity contribution in [1.82, 2.24) is 9.55 Å². The molecule has 0 aliphatic heterocycles. The molecule has 0 aliphatic carbocycles. The summed E-state index contributed by atoms with van der Waals surface area (Å²) < 4.78 is 6.72. The van der Waals surface area contributed by atoms with Crippen LogP contribution in [0.2, 0.25) is 0 Å². The molecule has 0 bridgehead atoms. The quantitative estimate of drug-likeness (QED) is 0.595. The van der Waals surface area contributed by atoms with E-state index in [-0.39, 0.29) is 11.5 Å². The second kappa shape index (κ2) is 7.00. The smallest absolute Gasteiger partial charge is 0.264 e. The standard InChI is InChI=1S/C22H17N3O3/c1-28-16-12-10-14(11-13-16)21-24-19-17(20(23)26)8-5-9-18(19)25(21)22(27)15-6-3-2-4-7-15/h2-13H,1H3,(H2,23,26). The van der Waals surface area contributed by atoms with Gasteiger partial charge in [-0.25, -0.2) is 4.98 Å². The highest BCUT2D eigenvalue weighted by atomic mass is 16.5. The van der Waals surface area contributed by atoms with Crippen LogP contribution < -0.4 is 10.5 Å². The van der Waals surface area contributed by atoms with Crippen molar-refractivity contribution in [3.8, 4) is 17.1 Å². The Labute approximate surface area is 161 Å². The van der Waals surface area contributed by atoms with Gasteiger partial charge in [0.25, 0.3) is 11.8 Å². The van der Waals surface area contributed by atoms with Crippen molar-refractivity contribution in [2.24, 2.45) is 5.73 Å². The molecule has 4 aromatic rings. The van der Waals surface area contributed by atoms with Gasteiger partial charge in [0.15, 0.2) is 0 Å². The van der Waals surface area contributed by atoms with Crippen LogP contribution in [0.5, 0.6) is 5.75 Å². The summed E-state index contributed by atoms with van der Waals surface area (Å²) in [6.07, 6.45) is 0. The molecule has 28 heavy (non-hydrogen) atoms. The first-order valence-electron chi connectivity index (χ1n) is 8.65. The second-order valence-corrected chi connectivity index (χ2v) is 6.21. The molecule has 0 aliphatic rings. The van der Waals surface area contributed by atoms with E-state index in [2.05, 4.69) is 4.98 Å². The fraction of sp³-hybridized carbons (Fsp3) is 0.0455. The summed E-state index contributed by atoms with van der Waals surface area (Å²) in [6.45, 7) is 0. The highest BCUT2D eigenvalue weighted by molar-refractivity contribution is 6.09. The third-order valence-electron chi connectivity index (χ3n) is 4.52. The molecule has 4 rings (SSSR count). The van der Waals surface area contributed by atoms with E-state index in [1.54, 1.807) is 61.7 Å². The minimum absolute atomic E-state index is 0.240. The Bertz CT molecular complexity index is 1180. The van der Waals surface area contributed by atoms with Crippen molar-refractivity contribution in [1.29, 1.82) is 0 Å². The van der Waals surface area contributed by atoms with E-state index in [0.29, 0.717) is 28.2 Å². The second-order valence-electron chi connectivity index (χ2n) is 6.21. The number of hydrogen-bond acceptors (Lipinski definition) is 4. The van der Waals surface area contributed by atoms with E-state index in [9.17, 15) is 9.59 Å². The monoisotopic (exact) mass is 371 g/mol. The van der Waals surface area contributed by atoms with E-state index in [0.717, 1.165) is 5.56 Å². The first-order valence-corrected chi connectivity index (χ1v) is 8.65. The molecule has 2 N–H and O–H groups in total. The first kappa shape index (κ1) is 17.5. The molecule has 1 aromatic heterocycles. The summed E-state index contributed by atoms with van der Waals surface area (Å²) in [5, 5.41) is 0. The topological polar surface area (TPSA) is 87.2 Å². The number of methoxy groups -OCH3 is 1. The molecular formula is C22H17N3O3. The molecule has 1 heterocycles. The van der Waals surface area contributed by atoms with E-state index in [4.69, 9.17) is 10.5 Å². The number of carbonyl (C=O) groups is 2. The highest BCUT2D eigenvalue weighted by Gasteiger charge is 2.22. The third kappa shape index (κ3) is 2.91. The maximum Gasteiger partial charge on any atom is 0.264 e. The van der Waals surface area contributed by atoms with Crippen LogP contribution in [0.25, 0.3) is 22.4 Å². The third-order valence-corrected chi connectivity index (χ3v) is 4.52. The zero-order chi connectivity index (χ0) is 19.7. The number of nitrogens with zero attached hydrogens (tertiary/aromatic N) is 2. The number of carbonyl (C=O) groups excluding carboxylic acids is 2. The fourth-order valence-electron chi connectivity index (χ4n) is 3.15. The number of para-hydroxylation sites is 1. The minimum Gasteiger partial charge on any atom is -0.497 e. The molecule has 0 unspecified atom stereocenters. The predicted octanol–water partition coefficient (Wildman–Crippen LogP) is 3.50. The normalized spacial score (nSPS) is 10.8. The van der Waals surface area contributed by atoms with Crippen molar-refractivity contribution in [2.45, 2.75) is 0 Å². The van der Waals surface area contributed by atoms with Crippen molar-refractivity contribution in [3.05, 3.63) is 83.9 Å². The van der Waals surface area contributed by atoms with Gasteiger partial charge in [-0.05, 0) is 48.5 Å². The van der Waals surface area contributed by atoms with Gasteiger partial charge in [-0.1, -0.05) is 24.3 Å². The van der Waals surface area contributed by atoms with Crippen LogP contribution in [0.3, 0.4) is 0 Å². The lowest BCUT2D eigenvalue weighted by atomic mass is 10.1. The maximum atomic E-state index is 13.3. The molecule has 6 heteroatoms. The van der Waals surface area contributed by atoms with Gasteiger partial charge in [0.1, 0.15) is 17.1 Å². The molecule has 0 fully saturated rings. The van der Waals surface area contributed by atoms with Gasteiger partial charge in [-0.2, -0.15) is 0 Å². The van der Waals surface area contributed by atoms with E-state index < -0.39 is 5.91 Å². The van der Waals surface area contributed by atoms with Gasteiger partial charge in [0, 0.05) is 11.1 Å². The van der Waals surface area contributed by atoms with Crippen LogP contribution >= 0.6 is 0 Å². The molecule has 1 amide bonds. The summed E-state index contributed by atoms with van der Waals surface area (Å²) in [5.41, 5.74) is 7.94. The Morgan fingerprint density at radius 1 is 0.929 bits per heavy atom. The molecule has 3 aromatic carbocycles. The van der Waals surface area contributed by atoms with Gasteiger partial charge < -0.3 is 10.5 Å². The van der Waals surface area contributed by atoms with Crippen LogP contribution in [-0.4, -0.2) is 28.5 Å². The average molecular weight is 371 g/mol. The molecular weight excluding hydrogens is 354 g/mol. The summed E-state index contributed by atoms with van der Waals surface area (Å²) in [5.74, 6) is 0.290. The van der Waals surface area contributed by atoms with Gasteiger partial charge in [-0.3, -0.25) is 14.2 Å². The lowest BCUT2D eigenvalue weighted by Gasteiger charge is -2.09. The van der Waals surface area contributed by atoms with E-state index in [1.165, 1.54) is 4.57 Å². The number of benzene rings is 3. The van der Waals surface area contributed by atoms with Crippen LogP contribution in [0.15, 0.2) is 72.8 Å². The number of primary amides is 1. The SMILES string of the molecule is COc1ccc(-c2nc3c(C(N)=O)cccc3n2C(=O)c2ccccc2)cc1. The lowest BCUT2D eigenvalue weighted by molar-refractivity contribution is 0.0964. The number of nitrogens with two attached hydrogens (primary N) is 1. The summed E-state index contributed by atoms with van der Waals surface area (Å²) in [7, 11) is 1.59. The fourth-order valence-corrected chi connectivity index (χ4v) is 3.15. The number of amides is 1. The molecule has 0 saturated carbocycles. The van der Waals surface area contributed by atoms with E-state index in [1.807, 2.05) is 18.2 Å². The highest BCUT2D eigenvalue weighted by Crippen LogP contribution is 2.29. The molecule has 0 radical (unpaired) electrons. The molecule has 0 saturated heterocycles. The Morgan fingerprint density at radius 3 is 2.29 bits per heavy atom. The maximum absolute atomic E-state index is 13.3. The lowest BCUT2D eigenvalue weighted by Crippen LogP contribution is -2.14. The first-order chi connectivity index (χ1) is 13.6. The number of hydrogen-bond donors (Lipinski definition) is 1. The molecule has 138 valence electrons. The zero-order valence-corrected chi connectivity index (χ0v) is 15.1. The van der Waals surface area contributed by atoms with Crippen molar-refractivity contribution >= 4 is 22.8 Å². The Kier molecular flexibility index (Phi) is 4.37. The van der Waals surface area contributed by atoms with Gasteiger partial charge in [0.05, 0.1) is 18.2 Å². The Balaban J connectivity index is 2.00. The largest absolute Gasteiger partial charge is 0.497 e. The van der Waals surface area contributed by atoms with Gasteiger partial charge in [-0.15, -0.1) is 0 Å². The Hall–Kier alpha value is -3.93. The molecule has 6 nitrogen and oxygen atoms in total. The van der Waals surface area contributed by atoms with Gasteiger partial charge >= 0.3 is 0 Å². The molecule has 0 atom stereocenters. The van der Waals surface area contributed by atoms with Crippen LogP contribution in [0, 0.1) is 0 Å². The number of rotatable bonds is 4. The van der Waals surface area contributed by atoms with Crippen LogP contribution in [0.1, 0.15) is 20.7 Å². The summed E-state index contributed by atoms with van der Waals surface area (Å²) in [4.78, 5) is 29.8. The number of ether oxygens (including phenoxy) is 1. The number of aromatic nitrogens is 2. The van der Waals surface area contributed by atoms with E-state index >= 15 is 0 Å². The van der Waals surface area contributed by atoms with Gasteiger partial charge in [0.2, 0.25) is 0 Å². The summed E-state index contributed by atoms with van der Waals surface area (Å²) in [6, 6.07) is 21.2. The number of fused-ring (bicyclic) bond motifs is 1.